The van der Waals surface area contributed by atoms with E-state index in [1.807, 2.05) is 0 Å². The van der Waals surface area contributed by atoms with Crippen molar-refractivity contribution in [2.75, 3.05) is 4.90 Å². The van der Waals surface area contributed by atoms with Gasteiger partial charge in [0.2, 0.25) is 0 Å². The van der Waals surface area contributed by atoms with Gasteiger partial charge >= 0.3 is 0 Å². The summed E-state index contributed by atoms with van der Waals surface area (Å²) in [6.45, 7) is 4.77. The number of anilines is 3. The largest absolute Gasteiger partial charge is 0.309 e. The molecule has 1 aliphatic rings. The summed E-state index contributed by atoms with van der Waals surface area (Å²) < 4.78 is 0. The van der Waals surface area contributed by atoms with Gasteiger partial charge in [0.15, 0.2) is 0 Å². The zero-order chi connectivity index (χ0) is 36.2. The number of hydrogen-bond donors (Lipinski definition) is 0. The molecule has 0 N–H and O–H groups in total. The first-order valence-corrected chi connectivity index (χ1v) is 18.9. The van der Waals surface area contributed by atoms with Crippen LogP contribution in [0.1, 0.15) is 25.0 Å². The molecule has 0 spiro atoms. The van der Waals surface area contributed by atoms with Crippen LogP contribution in [0, 0.1) is 0 Å². The van der Waals surface area contributed by atoms with E-state index < -0.39 is 0 Å². The lowest BCUT2D eigenvalue weighted by Crippen LogP contribution is -2.17. The summed E-state index contributed by atoms with van der Waals surface area (Å²) in [5, 5.41) is 4.96. The second kappa shape index (κ2) is 12.8. The molecule has 1 nitrogen and oxygen atoms in total. The van der Waals surface area contributed by atoms with E-state index in [4.69, 9.17) is 0 Å². The van der Waals surface area contributed by atoms with Crippen LogP contribution in [0.4, 0.5) is 17.1 Å². The van der Waals surface area contributed by atoms with Crippen LogP contribution in [-0.4, -0.2) is 0 Å². The molecule has 0 radical (unpaired) electrons. The predicted molar refractivity (Wildman–Crippen MR) is 230 cm³/mol. The maximum Gasteiger partial charge on any atom is 0.0624 e. The smallest absolute Gasteiger partial charge is 0.0624 e. The van der Waals surface area contributed by atoms with E-state index in [2.05, 4.69) is 219 Å². The van der Waals surface area contributed by atoms with Crippen molar-refractivity contribution in [3.8, 4) is 44.5 Å². The first kappa shape index (κ1) is 32.0. The van der Waals surface area contributed by atoms with Crippen LogP contribution in [0.5, 0.6) is 0 Å². The Balaban J connectivity index is 1.26. The lowest BCUT2D eigenvalue weighted by molar-refractivity contribution is 0.660. The Kier molecular flexibility index (Phi) is 7.56. The Hall–Kier alpha value is -6.70. The molecule has 1 heteroatoms. The topological polar surface area (TPSA) is 3.24 Å². The number of hydrogen-bond acceptors (Lipinski definition) is 1. The van der Waals surface area contributed by atoms with E-state index in [-0.39, 0.29) is 5.41 Å². The van der Waals surface area contributed by atoms with Crippen molar-refractivity contribution in [3.63, 3.8) is 0 Å². The standard InChI is InChI=1S/C53H39N/c1-53(2)49-34-40(37-19-8-4-9-20-37)29-31-45(49)46-32-30-42(35-50(46)53)54(41-24-16-23-39(33-41)36-17-6-3-7-18-36)52-48-28-15-13-26-44(48)43-25-12-14-27-47(43)51(52)38-21-10-5-11-22-38/h3-35H,1-2H3. The Bertz CT molecular complexity index is 2830. The monoisotopic (exact) mass is 689 g/mol. The Morgan fingerprint density at radius 1 is 0.333 bits per heavy atom. The summed E-state index contributed by atoms with van der Waals surface area (Å²) in [5.74, 6) is 0. The molecule has 9 aromatic rings. The summed E-state index contributed by atoms with van der Waals surface area (Å²) in [6.07, 6.45) is 0. The van der Waals surface area contributed by atoms with Gasteiger partial charge in [-0.2, -0.15) is 0 Å². The molecule has 0 saturated carbocycles. The number of nitrogens with zero attached hydrogens (tertiary/aromatic N) is 1. The first-order valence-electron chi connectivity index (χ1n) is 18.9. The zero-order valence-corrected chi connectivity index (χ0v) is 30.5. The van der Waals surface area contributed by atoms with Gasteiger partial charge in [-0.05, 0) is 96.6 Å². The highest BCUT2D eigenvalue weighted by atomic mass is 15.1. The van der Waals surface area contributed by atoms with Gasteiger partial charge in [0.25, 0.3) is 0 Å². The summed E-state index contributed by atoms with van der Waals surface area (Å²) in [5.41, 5.74) is 15.9. The zero-order valence-electron chi connectivity index (χ0n) is 30.5. The van der Waals surface area contributed by atoms with Crippen molar-refractivity contribution in [3.05, 3.63) is 211 Å². The van der Waals surface area contributed by atoms with Gasteiger partial charge in [-0.25, -0.2) is 0 Å². The third-order valence-corrected chi connectivity index (χ3v) is 11.4. The van der Waals surface area contributed by atoms with Crippen molar-refractivity contribution in [1.82, 2.24) is 0 Å². The molecule has 9 aromatic carbocycles. The van der Waals surface area contributed by atoms with Crippen LogP contribution < -0.4 is 4.90 Å². The quantitative estimate of drug-likeness (QED) is 0.157. The van der Waals surface area contributed by atoms with E-state index in [1.54, 1.807) is 0 Å². The maximum absolute atomic E-state index is 2.53. The van der Waals surface area contributed by atoms with Crippen molar-refractivity contribution in [2.24, 2.45) is 0 Å². The van der Waals surface area contributed by atoms with Gasteiger partial charge in [-0.1, -0.05) is 184 Å². The molecule has 0 aromatic heterocycles. The van der Waals surface area contributed by atoms with Crippen molar-refractivity contribution < 1.29 is 0 Å². The highest BCUT2D eigenvalue weighted by Gasteiger charge is 2.37. The SMILES string of the molecule is CC1(C)c2cc(-c3ccccc3)ccc2-c2ccc(N(c3cccc(-c4ccccc4)c3)c3c(-c4ccccc4)c4ccccc4c4ccccc34)cc21. The van der Waals surface area contributed by atoms with Crippen molar-refractivity contribution in [2.45, 2.75) is 19.3 Å². The van der Waals surface area contributed by atoms with Crippen LogP contribution in [0.25, 0.3) is 66.1 Å². The van der Waals surface area contributed by atoms with E-state index in [0.717, 1.165) is 11.4 Å². The second-order valence-electron chi connectivity index (χ2n) is 14.9. The van der Waals surface area contributed by atoms with Gasteiger partial charge in [-0.15, -0.1) is 0 Å². The molecule has 0 atom stereocenters. The van der Waals surface area contributed by atoms with Crippen LogP contribution in [0.15, 0.2) is 200 Å². The molecule has 0 saturated heterocycles. The molecule has 256 valence electrons. The summed E-state index contributed by atoms with van der Waals surface area (Å²) in [7, 11) is 0. The van der Waals surface area contributed by atoms with E-state index in [1.165, 1.54) is 82.9 Å². The average Bonchev–Trinajstić information content (AvgIpc) is 3.46. The fourth-order valence-corrected chi connectivity index (χ4v) is 8.79. The molecule has 10 rings (SSSR count). The molecule has 0 aliphatic heterocycles. The van der Waals surface area contributed by atoms with Gasteiger partial charge < -0.3 is 4.90 Å². The van der Waals surface area contributed by atoms with Crippen molar-refractivity contribution >= 4 is 38.6 Å². The molecule has 1 aliphatic carbocycles. The third-order valence-electron chi connectivity index (χ3n) is 11.4. The predicted octanol–water partition coefficient (Wildman–Crippen LogP) is 14.8. The highest BCUT2D eigenvalue weighted by molar-refractivity contribution is 6.22. The van der Waals surface area contributed by atoms with Crippen molar-refractivity contribution in [1.29, 1.82) is 0 Å². The van der Waals surface area contributed by atoms with Gasteiger partial charge in [-0.3, -0.25) is 0 Å². The molecular formula is C53H39N. The minimum atomic E-state index is -0.198. The average molecular weight is 690 g/mol. The summed E-state index contributed by atoms with van der Waals surface area (Å²) >= 11 is 0. The maximum atomic E-state index is 2.53. The molecule has 0 unspecified atom stereocenters. The van der Waals surface area contributed by atoms with E-state index in [9.17, 15) is 0 Å². The minimum Gasteiger partial charge on any atom is -0.309 e. The Labute approximate surface area is 317 Å². The van der Waals surface area contributed by atoms with Crippen LogP contribution in [0.3, 0.4) is 0 Å². The second-order valence-corrected chi connectivity index (χ2v) is 14.9. The molecule has 0 amide bonds. The van der Waals surface area contributed by atoms with E-state index >= 15 is 0 Å². The first-order chi connectivity index (χ1) is 26.6. The summed E-state index contributed by atoms with van der Waals surface area (Å²) in [6, 6.07) is 73.4. The van der Waals surface area contributed by atoms with Crippen LogP contribution in [-0.2, 0) is 5.41 Å². The Morgan fingerprint density at radius 3 is 1.44 bits per heavy atom. The lowest BCUT2D eigenvalue weighted by atomic mass is 9.81. The molecule has 0 bridgehead atoms. The van der Waals surface area contributed by atoms with Crippen LogP contribution >= 0.6 is 0 Å². The number of rotatable bonds is 6. The third kappa shape index (κ3) is 5.16. The summed E-state index contributed by atoms with van der Waals surface area (Å²) in [4.78, 5) is 2.53. The number of benzene rings is 9. The molecule has 54 heavy (non-hydrogen) atoms. The highest BCUT2D eigenvalue weighted by Crippen LogP contribution is 2.54. The van der Waals surface area contributed by atoms with E-state index in [0.29, 0.717) is 0 Å². The normalized spacial score (nSPS) is 12.8. The number of fused-ring (bicyclic) bond motifs is 6. The Morgan fingerprint density at radius 2 is 0.796 bits per heavy atom. The molecule has 0 heterocycles. The van der Waals surface area contributed by atoms with Gasteiger partial charge in [0.1, 0.15) is 0 Å². The fraction of sp³-hybridized carbons (Fsp3) is 0.0566. The van der Waals surface area contributed by atoms with Gasteiger partial charge in [0.05, 0.1) is 5.69 Å². The van der Waals surface area contributed by atoms with Gasteiger partial charge in [0, 0.05) is 27.7 Å². The molecular weight excluding hydrogens is 651 g/mol. The van der Waals surface area contributed by atoms with Crippen LogP contribution in [0.2, 0.25) is 0 Å². The molecule has 0 fully saturated rings. The lowest BCUT2D eigenvalue weighted by Gasteiger charge is -2.32. The fourth-order valence-electron chi connectivity index (χ4n) is 8.79. The minimum absolute atomic E-state index is 0.198.